The van der Waals surface area contributed by atoms with Crippen LogP contribution in [0, 0.1) is 12.8 Å². The van der Waals surface area contributed by atoms with Crippen LogP contribution < -0.4 is 10.5 Å². The van der Waals surface area contributed by atoms with Crippen LogP contribution in [0.2, 0.25) is 0 Å². The van der Waals surface area contributed by atoms with E-state index in [1.54, 1.807) is 18.2 Å². The Morgan fingerprint density at radius 1 is 1.27 bits per heavy atom. The van der Waals surface area contributed by atoms with Crippen molar-refractivity contribution in [2.24, 2.45) is 11.7 Å². The zero-order valence-corrected chi connectivity index (χ0v) is 15.8. The predicted molar refractivity (Wildman–Crippen MR) is 94.4 cm³/mol. The van der Waals surface area contributed by atoms with Crippen LogP contribution in [0.25, 0.3) is 0 Å². The van der Waals surface area contributed by atoms with Crippen molar-refractivity contribution in [2.45, 2.75) is 41.9 Å². The van der Waals surface area contributed by atoms with Gasteiger partial charge in [-0.1, -0.05) is 23.8 Å². The Morgan fingerprint density at radius 2 is 1.81 bits per heavy atom. The van der Waals surface area contributed by atoms with Crippen LogP contribution in [0.5, 0.6) is 0 Å². The molecule has 0 aliphatic heterocycles. The van der Waals surface area contributed by atoms with E-state index in [9.17, 15) is 26.2 Å². The highest BCUT2D eigenvalue weighted by molar-refractivity contribution is 7.91. The molecule has 2 atom stereocenters. The van der Waals surface area contributed by atoms with Crippen LogP contribution >= 0.6 is 0 Å². The van der Waals surface area contributed by atoms with E-state index in [-0.39, 0.29) is 10.8 Å². The van der Waals surface area contributed by atoms with Crippen LogP contribution in [0.1, 0.15) is 24.8 Å². The molecule has 0 spiro atoms. The maximum atomic E-state index is 11.6. The zero-order chi connectivity index (χ0) is 19.8. The van der Waals surface area contributed by atoms with Gasteiger partial charge in [0.2, 0.25) is 10.0 Å². The van der Waals surface area contributed by atoms with Gasteiger partial charge in [-0.05, 0) is 38.3 Å². The molecule has 10 heteroatoms. The Hall–Kier alpha value is -1.75. The minimum absolute atomic E-state index is 0.105. The lowest BCUT2D eigenvalue weighted by molar-refractivity contribution is -0.121. The number of benzene rings is 1. The molecular weight excluding hydrogens is 380 g/mol. The van der Waals surface area contributed by atoms with E-state index < -0.39 is 36.8 Å². The Bertz CT molecular complexity index is 905. The summed E-state index contributed by atoms with van der Waals surface area (Å²) in [7, 11) is -7.74. The lowest BCUT2D eigenvalue weighted by Gasteiger charge is -2.11. The fourth-order valence-corrected chi connectivity index (χ4v) is 4.09. The van der Waals surface area contributed by atoms with Crippen LogP contribution in [0.3, 0.4) is 0 Å². The van der Waals surface area contributed by atoms with Gasteiger partial charge in [0, 0.05) is 5.92 Å². The number of rotatable bonds is 5. The van der Waals surface area contributed by atoms with Gasteiger partial charge in [0.05, 0.1) is 10.1 Å². The molecule has 0 saturated heterocycles. The highest BCUT2D eigenvalue weighted by atomic mass is 32.2. The Balaban J connectivity index is 0.000000197. The molecule has 0 heterocycles. The van der Waals surface area contributed by atoms with E-state index in [1.165, 1.54) is 12.1 Å². The number of amides is 1. The van der Waals surface area contributed by atoms with Crippen molar-refractivity contribution >= 4 is 26.0 Å². The molecule has 3 rings (SSSR count). The van der Waals surface area contributed by atoms with Crippen LogP contribution in [-0.4, -0.2) is 38.1 Å². The third-order valence-corrected chi connectivity index (χ3v) is 6.94. The van der Waals surface area contributed by atoms with Crippen LogP contribution in [-0.2, 0) is 24.9 Å². The molecule has 2 aliphatic rings. The molecule has 2 fully saturated rings. The molecule has 2 saturated carbocycles. The minimum Gasteiger partial charge on any atom is -0.744 e. The number of carbonyl (C=O) groups excluding carboxylic acids is 1. The number of sulfonamides is 1. The van der Waals surface area contributed by atoms with Crippen molar-refractivity contribution in [3.05, 3.63) is 42.5 Å². The van der Waals surface area contributed by atoms with Crippen molar-refractivity contribution in [1.82, 2.24) is 4.72 Å². The quantitative estimate of drug-likeness (QED) is 0.536. The van der Waals surface area contributed by atoms with Crippen molar-refractivity contribution in [2.75, 3.05) is 0 Å². The Kier molecular flexibility index (Phi) is 5.62. The van der Waals surface area contributed by atoms with Gasteiger partial charge < -0.3 is 10.3 Å². The summed E-state index contributed by atoms with van der Waals surface area (Å²) < 4.78 is 56.1. The van der Waals surface area contributed by atoms with Gasteiger partial charge in [0.15, 0.2) is 0 Å². The molecule has 1 aromatic carbocycles. The van der Waals surface area contributed by atoms with E-state index in [2.05, 4.69) is 6.58 Å². The van der Waals surface area contributed by atoms with E-state index >= 15 is 0 Å². The third-order valence-electron chi connectivity index (χ3n) is 4.27. The topological polar surface area (TPSA) is 146 Å². The second-order valence-corrected chi connectivity index (χ2v) is 9.87. The van der Waals surface area contributed by atoms with Gasteiger partial charge in [-0.15, -0.1) is 6.58 Å². The summed E-state index contributed by atoms with van der Waals surface area (Å²) >= 11 is 0. The molecule has 26 heavy (non-hydrogen) atoms. The number of hydrogen-bond donors (Lipinski definition) is 2. The maximum Gasteiger partial charge on any atom is 0.254 e. The molecule has 0 aromatic heterocycles. The van der Waals surface area contributed by atoms with E-state index in [4.69, 9.17) is 5.73 Å². The smallest absolute Gasteiger partial charge is 0.254 e. The van der Waals surface area contributed by atoms with E-state index in [0.29, 0.717) is 19.3 Å². The second kappa shape index (κ2) is 7.10. The molecule has 0 unspecified atom stereocenters. The SMILES string of the molecule is C=C[C@@H]1C[C@]1(N)C(=O)NS(=O)(=O)C1CC1.Cc1ccc(S(=O)(=O)[O-])cc1. The fraction of sp³-hybridized carbons (Fsp3) is 0.438. The number of carbonyl (C=O) groups is 1. The molecule has 0 bridgehead atoms. The number of hydrogen-bond acceptors (Lipinski definition) is 7. The third kappa shape index (κ3) is 4.91. The lowest BCUT2D eigenvalue weighted by atomic mass is 10.2. The average Bonchev–Trinajstić information content (AvgIpc) is 3.42. The number of nitrogens with two attached hydrogens (primary N) is 1. The van der Waals surface area contributed by atoms with Crippen LogP contribution in [0.4, 0.5) is 0 Å². The zero-order valence-electron chi connectivity index (χ0n) is 14.2. The van der Waals surface area contributed by atoms with Crippen LogP contribution in [0.15, 0.2) is 41.8 Å². The number of nitrogens with one attached hydrogen (secondary N) is 1. The fourth-order valence-electron chi connectivity index (χ4n) is 2.25. The molecule has 1 aromatic rings. The molecular formula is C16H21N2O6S2-. The highest BCUT2D eigenvalue weighted by Crippen LogP contribution is 2.42. The van der Waals surface area contributed by atoms with Gasteiger partial charge in [-0.25, -0.2) is 16.8 Å². The molecule has 8 nitrogen and oxygen atoms in total. The molecule has 1 amide bonds. The van der Waals surface area contributed by atoms with E-state index in [1.807, 2.05) is 11.6 Å². The standard InChI is InChI=1S/C9H14N2O3S.C7H8O3S/c1-2-6-5-9(6,10)8(12)11-15(13,14)7-3-4-7;1-6-2-4-7(5-3-6)11(8,9)10/h2,6-7H,1,3-5,10H2,(H,11,12);2-5H,1H3,(H,8,9,10)/p-1/t6-,9-;/m1./s1. The first-order valence-corrected chi connectivity index (χ1v) is 10.9. The van der Waals surface area contributed by atoms with Gasteiger partial charge in [-0.2, -0.15) is 0 Å². The summed E-state index contributed by atoms with van der Waals surface area (Å²) in [6.07, 6.45) is 3.32. The molecule has 144 valence electrons. The van der Waals surface area contributed by atoms with Gasteiger partial charge in [0.1, 0.15) is 15.7 Å². The number of aryl methyl sites for hydroxylation is 1. The first kappa shape index (κ1) is 20.6. The largest absolute Gasteiger partial charge is 0.744 e. The molecule has 0 radical (unpaired) electrons. The molecule has 2 aliphatic carbocycles. The highest BCUT2D eigenvalue weighted by Gasteiger charge is 2.56. The maximum absolute atomic E-state index is 11.6. The van der Waals surface area contributed by atoms with Crippen molar-refractivity contribution < 1.29 is 26.2 Å². The van der Waals surface area contributed by atoms with Crippen molar-refractivity contribution in [3.63, 3.8) is 0 Å². The van der Waals surface area contributed by atoms with Gasteiger partial charge >= 0.3 is 0 Å². The van der Waals surface area contributed by atoms with Crippen molar-refractivity contribution in [1.29, 1.82) is 0 Å². The monoisotopic (exact) mass is 401 g/mol. The summed E-state index contributed by atoms with van der Waals surface area (Å²) in [5, 5.41) is -0.397. The molecule has 3 N–H and O–H groups in total. The summed E-state index contributed by atoms with van der Waals surface area (Å²) in [5.74, 6) is -0.703. The second-order valence-electron chi connectivity index (χ2n) is 6.53. The first-order valence-electron chi connectivity index (χ1n) is 7.90. The Labute approximate surface area is 153 Å². The summed E-state index contributed by atoms with van der Waals surface area (Å²) in [4.78, 5) is 11.4. The van der Waals surface area contributed by atoms with Gasteiger partial charge in [-0.3, -0.25) is 9.52 Å². The van der Waals surface area contributed by atoms with Crippen molar-refractivity contribution in [3.8, 4) is 0 Å². The predicted octanol–water partition coefficient (Wildman–Crippen LogP) is 0.397. The van der Waals surface area contributed by atoms with Gasteiger partial charge in [0.25, 0.3) is 5.91 Å². The minimum atomic E-state index is -4.27. The summed E-state index contributed by atoms with van der Waals surface area (Å²) in [5.41, 5.74) is 5.60. The average molecular weight is 401 g/mol. The first-order chi connectivity index (χ1) is 11.9. The normalized spacial score (nSPS) is 24.8. The Morgan fingerprint density at radius 3 is 2.19 bits per heavy atom. The lowest BCUT2D eigenvalue weighted by Crippen LogP contribution is -2.47. The summed E-state index contributed by atoms with van der Waals surface area (Å²) in [6, 6.07) is 5.78. The van der Waals surface area contributed by atoms with E-state index in [0.717, 1.165) is 5.56 Å². The summed E-state index contributed by atoms with van der Waals surface area (Å²) in [6.45, 7) is 5.36.